The minimum absolute atomic E-state index is 0.00117. The summed E-state index contributed by atoms with van der Waals surface area (Å²) in [5, 5.41) is 3.41. The molecule has 17 heavy (non-hydrogen) atoms. The van der Waals surface area contributed by atoms with Crippen LogP contribution >= 0.6 is 15.9 Å². The van der Waals surface area contributed by atoms with Gasteiger partial charge >= 0.3 is 5.97 Å². The second-order valence-electron chi connectivity index (χ2n) is 4.28. The summed E-state index contributed by atoms with van der Waals surface area (Å²) in [4.78, 5) is 11.4. The number of carbonyl (C=O) groups excluding carboxylic acids is 1. The first-order chi connectivity index (χ1) is 8.22. The van der Waals surface area contributed by atoms with Crippen LogP contribution in [0.5, 0.6) is 0 Å². The maximum Gasteiger partial charge on any atom is 0.309 e. The molecule has 1 saturated heterocycles. The largest absolute Gasteiger partial charge is 0.469 e. The number of nitrogens with one attached hydrogen (secondary N) is 1. The highest BCUT2D eigenvalue weighted by Crippen LogP contribution is 2.30. The quantitative estimate of drug-likeness (QED) is 0.853. The number of ether oxygens (including phenoxy) is 1. The van der Waals surface area contributed by atoms with Crippen LogP contribution in [0.15, 0.2) is 28.7 Å². The molecular formula is C13H16BrNO2. The molecule has 2 atom stereocenters. The average molecular weight is 298 g/mol. The SMILES string of the molecule is COC(=O)C1CCC(c2ccccc2Br)NC1. The van der Waals surface area contributed by atoms with E-state index in [-0.39, 0.29) is 11.9 Å². The van der Waals surface area contributed by atoms with Gasteiger partial charge in [-0.3, -0.25) is 4.79 Å². The number of hydrogen-bond acceptors (Lipinski definition) is 3. The topological polar surface area (TPSA) is 38.3 Å². The van der Waals surface area contributed by atoms with Gasteiger partial charge in [0.05, 0.1) is 13.0 Å². The number of piperidine rings is 1. The fraction of sp³-hybridized carbons (Fsp3) is 0.462. The Morgan fingerprint density at radius 3 is 2.76 bits per heavy atom. The number of rotatable bonds is 2. The monoisotopic (exact) mass is 297 g/mol. The molecule has 1 aliphatic heterocycles. The predicted molar refractivity (Wildman–Crippen MR) is 69.6 cm³/mol. The van der Waals surface area contributed by atoms with E-state index in [1.165, 1.54) is 12.7 Å². The Bertz CT molecular complexity index is 400. The van der Waals surface area contributed by atoms with E-state index in [1.807, 2.05) is 18.2 Å². The summed E-state index contributed by atoms with van der Waals surface area (Å²) in [6.45, 7) is 0.693. The Kier molecular flexibility index (Phi) is 4.18. The van der Waals surface area contributed by atoms with Gasteiger partial charge in [-0.1, -0.05) is 34.1 Å². The van der Waals surface area contributed by atoms with Crippen molar-refractivity contribution < 1.29 is 9.53 Å². The van der Waals surface area contributed by atoms with E-state index >= 15 is 0 Å². The van der Waals surface area contributed by atoms with Crippen LogP contribution in [0.2, 0.25) is 0 Å². The second-order valence-corrected chi connectivity index (χ2v) is 5.13. The van der Waals surface area contributed by atoms with Gasteiger partial charge in [0.25, 0.3) is 0 Å². The smallest absolute Gasteiger partial charge is 0.309 e. The van der Waals surface area contributed by atoms with E-state index in [2.05, 4.69) is 27.3 Å². The van der Waals surface area contributed by atoms with Crippen molar-refractivity contribution in [3.63, 3.8) is 0 Å². The molecule has 0 saturated carbocycles. The normalized spacial score (nSPS) is 24.4. The molecule has 2 unspecified atom stereocenters. The van der Waals surface area contributed by atoms with Gasteiger partial charge in [-0.05, 0) is 24.5 Å². The number of methoxy groups -OCH3 is 1. The van der Waals surface area contributed by atoms with Crippen molar-refractivity contribution in [2.75, 3.05) is 13.7 Å². The Hall–Kier alpha value is -0.870. The molecular weight excluding hydrogens is 282 g/mol. The van der Waals surface area contributed by atoms with E-state index in [0.717, 1.165) is 17.3 Å². The first kappa shape index (κ1) is 12.6. The zero-order valence-electron chi connectivity index (χ0n) is 9.78. The van der Waals surface area contributed by atoms with Crippen molar-refractivity contribution in [1.82, 2.24) is 5.32 Å². The molecule has 0 aromatic heterocycles. The third-order valence-electron chi connectivity index (χ3n) is 3.23. The van der Waals surface area contributed by atoms with Crippen LogP contribution in [-0.2, 0) is 9.53 Å². The van der Waals surface area contributed by atoms with Crippen molar-refractivity contribution in [3.05, 3.63) is 34.3 Å². The molecule has 92 valence electrons. The molecule has 0 bridgehead atoms. The molecule has 1 N–H and O–H groups in total. The summed E-state index contributed by atoms with van der Waals surface area (Å²) in [7, 11) is 1.45. The number of benzene rings is 1. The van der Waals surface area contributed by atoms with E-state index < -0.39 is 0 Å². The average Bonchev–Trinajstić information content (AvgIpc) is 2.39. The molecule has 2 rings (SSSR count). The summed E-state index contributed by atoms with van der Waals surface area (Å²) in [6.07, 6.45) is 1.84. The molecule has 1 aromatic carbocycles. The molecule has 4 heteroatoms. The Labute approximate surface area is 110 Å². The molecule has 1 aliphatic rings. The van der Waals surface area contributed by atoms with Crippen molar-refractivity contribution in [2.24, 2.45) is 5.92 Å². The molecule has 0 aliphatic carbocycles. The summed E-state index contributed by atoms with van der Waals surface area (Å²) in [6, 6.07) is 8.53. The number of halogens is 1. The van der Waals surface area contributed by atoms with E-state index in [0.29, 0.717) is 12.6 Å². The molecule has 0 spiro atoms. The highest BCUT2D eigenvalue weighted by molar-refractivity contribution is 9.10. The zero-order valence-corrected chi connectivity index (χ0v) is 11.4. The number of hydrogen-bond donors (Lipinski definition) is 1. The van der Waals surface area contributed by atoms with E-state index in [1.54, 1.807) is 0 Å². The van der Waals surface area contributed by atoms with Gasteiger partial charge in [-0.25, -0.2) is 0 Å². The summed E-state index contributed by atoms with van der Waals surface area (Å²) in [5.41, 5.74) is 1.26. The summed E-state index contributed by atoms with van der Waals surface area (Å²) >= 11 is 3.56. The fourth-order valence-electron chi connectivity index (χ4n) is 2.25. The minimum Gasteiger partial charge on any atom is -0.469 e. The van der Waals surface area contributed by atoms with Gasteiger partial charge in [0.1, 0.15) is 0 Å². The first-order valence-corrected chi connectivity index (χ1v) is 6.57. The molecule has 1 fully saturated rings. The van der Waals surface area contributed by atoms with Crippen molar-refractivity contribution in [3.8, 4) is 0 Å². The molecule has 0 amide bonds. The van der Waals surface area contributed by atoms with Crippen LogP contribution < -0.4 is 5.32 Å². The lowest BCUT2D eigenvalue weighted by Crippen LogP contribution is -2.37. The molecule has 3 nitrogen and oxygen atoms in total. The molecule has 1 aromatic rings. The third kappa shape index (κ3) is 2.87. The Balaban J connectivity index is 2.00. The maximum atomic E-state index is 11.4. The highest BCUT2D eigenvalue weighted by atomic mass is 79.9. The molecule has 0 radical (unpaired) electrons. The van der Waals surface area contributed by atoms with Gasteiger partial charge < -0.3 is 10.1 Å². The lowest BCUT2D eigenvalue weighted by molar-refractivity contribution is -0.146. The number of esters is 1. The van der Waals surface area contributed by atoms with Gasteiger partial charge in [0, 0.05) is 17.1 Å². The lowest BCUT2D eigenvalue weighted by atomic mass is 9.91. The summed E-state index contributed by atoms with van der Waals surface area (Å²) < 4.78 is 5.89. The van der Waals surface area contributed by atoms with Crippen LogP contribution in [0.4, 0.5) is 0 Å². The van der Waals surface area contributed by atoms with Crippen LogP contribution in [0.25, 0.3) is 0 Å². The van der Waals surface area contributed by atoms with Crippen molar-refractivity contribution in [1.29, 1.82) is 0 Å². The summed E-state index contributed by atoms with van der Waals surface area (Å²) in [5.74, 6) is -0.109. The highest BCUT2D eigenvalue weighted by Gasteiger charge is 2.27. The van der Waals surface area contributed by atoms with Crippen LogP contribution in [0.3, 0.4) is 0 Å². The standard InChI is InChI=1S/C13H16BrNO2/c1-17-13(16)9-6-7-12(15-8-9)10-4-2-3-5-11(10)14/h2-5,9,12,15H,6-8H2,1H3. The first-order valence-electron chi connectivity index (χ1n) is 5.78. The third-order valence-corrected chi connectivity index (χ3v) is 3.95. The van der Waals surface area contributed by atoms with Crippen LogP contribution in [0, 0.1) is 5.92 Å². The Morgan fingerprint density at radius 1 is 1.41 bits per heavy atom. The lowest BCUT2D eigenvalue weighted by Gasteiger charge is -2.29. The van der Waals surface area contributed by atoms with E-state index in [4.69, 9.17) is 4.74 Å². The Morgan fingerprint density at radius 2 is 2.18 bits per heavy atom. The van der Waals surface area contributed by atoms with Crippen molar-refractivity contribution >= 4 is 21.9 Å². The van der Waals surface area contributed by atoms with Crippen LogP contribution in [-0.4, -0.2) is 19.6 Å². The maximum absolute atomic E-state index is 11.4. The van der Waals surface area contributed by atoms with E-state index in [9.17, 15) is 4.79 Å². The van der Waals surface area contributed by atoms with Crippen LogP contribution in [0.1, 0.15) is 24.4 Å². The van der Waals surface area contributed by atoms with Gasteiger partial charge in [-0.15, -0.1) is 0 Å². The van der Waals surface area contributed by atoms with Crippen molar-refractivity contribution in [2.45, 2.75) is 18.9 Å². The van der Waals surface area contributed by atoms with Gasteiger partial charge in [-0.2, -0.15) is 0 Å². The van der Waals surface area contributed by atoms with Gasteiger partial charge in [0.2, 0.25) is 0 Å². The zero-order chi connectivity index (χ0) is 12.3. The second kappa shape index (κ2) is 5.65. The predicted octanol–water partition coefficient (Wildman–Crippen LogP) is 2.66. The fourth-order valence-corrected chi connectivity index (χ4v) is 2.81. The number of carbonyl (C=O) groups is 1. The molecule has 1 heterocycles. The van der Waals surface area contributed by atoms with Gasteiger partial charge in [0.15, 0.2) is 0 Å². The minimum atomic E-state index is -0.108.